The summed E-state index contributed by atoms with van der Waals surface area (Å²) in [5, 5.41) is 9.96. The van der Waals surface area contributed by atoms with Crippen LogP contribution in [0.15, 0.2) is 18.3 Å². The highest BCUT2D eigenvalue weighted by atomic mass is 35.5. The number of fused-ring (bicyclic) bond motifs is 1. The Morgan fingerprint density at radius 1 is 1.57 bits per heavy atom. The second-order valence-corrected chi connectivity index (χ2v) is 3.54. The van der Waals surface area contributed by atoms with E-state index >= 15 is 0 Å². The van der Waals surface area contributed by atoms with Crippen molar-refractivity contribution in [1.29, 1.82) is 0 Å². The Kier molecular flexibility index (Phi) is 2.33. The molecule has 0 atom stereocenters. The molecular weight excluding hydrogens is 200 g/mol. The van der Waals surface area contributed by atoms with Crippen LogP contribution in [0.25, 0.3) is 5.52 Å². The number of aromatic nitrogens is 2. The molecule has 0 aliphatic carbocycles. The van der Waals surface area contributed by atoms with Gasteiger partial charge in [0.15, 0.2) is 5.15 Å². The highest BCUT2D eigenvalue weighted by Gasteiger charge is 2.11. The number of hydrogen-bond donors (Lipinski definition) is 1. The minimum atomic E-state index is 0.173. The molecule has 2 aromatic rings. The molecule has 2 aromatic heterocycles. The number of pyridine rings is 1. The van der Waals surface area contributed by atoms with Crippen LogP contribution >= 0.6 is 11.6 Å². The van der Waals surface area contributed by atoms with Crippen molar-refractivity contribution in [3.05, 3.63) is 29.3 Å². The predicted molar refractivity (Wildman–Crippen MR) is 55.9 cm³/mol. The molecule has 74 valence electrons. The van der Waals surface area contributed by atoms with Gasteiger partial charge in [0.1, 0.15) is 17.1 Å². The third-order valence-corrected chi connectivity index (χ3v) is 2.41. The van der Waals surface area contributed by atoms with Gasteiger partial charge in [-0.3, -0.25) is 4.40 Å². The van der Waals surface area contributed by atoms with Crippen molar-refractivity contribution < 1.29 is 5.11 Å². The molecule has 2 rings (SSSR count). The van der Waals surface area contributed by atoms with E-state index in [-0.39, 0.29) is 5.75 Å². The Balaban J connectivity index is 2.71. The number of nitrogens with zero attached hydrogens (tertiary/aromatic N) is 2. The molecular formula is C10H11ClN2O. The van der Waals surface area contributed by atoms with Crippen molar-refractivity contribution >= 4 is 17.1 Å². The van der Waals surface area contributed by atoms with Gasteiger partial charge in [0.2, 0.25) is 0 Å². The normalized spacial score (nSPS) is 11.0. The number of rotatable bonds is 2. The van der Waals surface area contributed by atoms with Crippen LogP contribution in [0.5, 0.6) is 5.75 Å². The van der Waals surface area contributed by atoms with Gasteiger partial charge in [0.05, 0.1) is 0 Å². The summed E-state index contributed by atoms with van der Waals surface area (Å²) < 4.78 is 1.83. The third-order valence-electron chi connectivity index (χ3n) is 2.15. The maximum atomic E-state index is 9.59. The first-order chi connectivity index (χ1) is 6.74. The molecule has 0 fully saturated rings. The molecule has 14 heavy (non-hydrogen) atoms. The molecule has 3 nitrogen and oxygen atoms in total. The Bertz CT molecular complexity index is 464. The molecule has 0 aliphatic heterocycles. The van der Waals surface area contributed by atoms with Crippen molar-refractivity contribution in [3.8, 4) is 5.75 Å². The Labute approximate surface area is 87.0 Å². The van der Waals surface area contributed by atoms with Crippen molar-refractivity contribution in [3.63, 3.8) is 0 Å². The zero-order valence-corrected chi connectivity index (χ0v) is 8.62. The van der Waals surface area contributed by atoms with Crippen LogP contribution in [0.4, 0.5) is 0 Å². The SMILES string of the molecule is CCCc1nc(Cl)c2c(O)cccn12. The highest BCUT2D eigenvalue weighted by molar-refractivity contribution is 6.33. The fourth-order valence-electron chi connectivity index (χ4n) is 1.54. The van der Waals surface area contributed by atoms with Gasteiger partial charge < -0.3 is 5.11 Å². The summed E-state index contributed by atoms with van der Waals surface area (Å²) in [5.74, 6) is 1.07. The topological polar surface area (TPSA) is 37.5 Å². The van der Waals surface area contributed by atoms with Gasteiger partial charge >= 0.3 is 0 Å². The first kappa shape index (κ1) is 9.34. The van der Waals surface area contributed by atoms with Crippen LogP contribution in [-0.4, -0.2) is 14.5 Å². The number of halogens is 1. The summed E-state index contributed by atoms with van der Waals surface area (Å²) in [4.78, 5) is 4.21. The fraction of sp³-hybridized carbons (Fsp3) is 0.300. The summed E-state index contributed by atoms with van der Waals surface area (Å²) in [6.45, 7) is 2.08. The summed E-state index contributed by atoms with van der Waals surface area (Å²) >= 11 is 5.93. The second kappa shape index (κ2) is 3.50. The van der Waals surface area contributed by atoms with E-state index in [2.05, 4.69) is 11.9 Å². The lowest BCUT2D eigenvalue weighted by molar-refractivity contribution is 0.479. The van der Waals surface area contributed by atoms with Crippen LogP contribution in [0, 0.1) is 0 Å². The molecule has 0 saturated carbocycles. The van der Waals surface area contributed by atoms with Crippen LogP contribution in [0.3, 0.4) is 0 Å². The second-order valence-electron chi connectivity index (χ2n) is 3.18. The Morgan fingerprint density at radius 3 is 3.07 bits per heavy atom. The molecule has 0 spiro atoms. The molecule has 2 heterocycles. The first-order valence-corrected chi connectivity index (χ1v) is 4.96. The maximum Gasteiger partial charge on any atom is 0.158 e. The monoisotopic (exact) mass is 210 g/mol. The zero-order valence-electron chi connectivity index (χ0n) is 7.87. The summed E-state index contributed by atoms with van der Waals surface area (Å²) in [7, 11) is 0. The van der Waals surface area contributed by atoms with E-state index in [9.17, 15) is 5.11 Å². The van der Waals surface area contributed by atoms with Crippen molar-refractivity contribution in [1.82, 2.24) is 9.38 Å². The third kappa shape index (κ3) is 1.34. The van der Waals surface area contributed by atoms with E-state index in [1.165, 1.54) is 0 Å². The number of aromatic hydroxyl groups is 1. The maximum absolute atomic E-state index is 9.59. The summed E-state index contributed by atoms with van der Waals surface area (Å²) in [6.07, 6.45) is 3.72. The van der Waals surface area contributed by atoms with Crippen LogP contribution in [-0.2, 0) is 6.42 Å². The van der Waals surface area contributed by atoms with E-state index in [1.54, 1.807) is 12.1 Å². The molecule has 0 saturated heterocycles. The molecule has 4 heteroatoms. The van der Waals surface area contributed by atoms with Crippen molar-refractivity contribution in [2.24, 2.45) is 0 Å². The van der Waals surface area contributed by atoms with E-state index < -0.39 is 0 Å². The molecule has 0 amide bonds. The molecule has 0 radical (unpaired) electrons. The average molecular weight is 211 g/mol. The number of aryl methyl sites for hydroxylation is 1. The fourth-order valence-corrected chi connectivity index (χ4v) is 1.82. The van der Waals surface area contributed by atoms with Gasteiger partial charge in [-0.2, -0.15) is 0 Å². The smallest absolute Gasteiger partial charge is 0.158 e. The van der Waals surface area contributed by atoms with Crippen LogP contribution in [0.1, 0.15) is 19.2 Å². The molecule has 0 aromatic carbocycles. The predicted octanol–water partition coefficient (Wildman–Crippen LogP) is 2.65. The van der Waals surface area contributed by atoms with Gasteiger partial charge in [0, 0.05) is 12.6 Å². The number of imidazole rings is 1. The van der Waals surface area contributed by atoms with Gasteiger partial charge in [-0.1, -0.05) is 18.5 Å². The van der Waals surface area contributed by atoms with Gasteiger partial charge in [-0.05, 0) is 18.6 Å². The molecule has 0 unspecified atom stereocenters. The van der Waals surface area contributed by atoms with Gasteiger partial charge in [-0.15, -0.1) is 0 Å². The average Bonchev–Trinajstić information content (AvgIpc) is 2.46. The highest BCUT2D eigenvalue weighted by Crippen LogP contribution is 2.26. The summed E-state index contributed by atoms with van der Waals surface area (Å²) in [6, 6.07) is 3.39. The van der Waals surface area contributed by atoms with E-state index in [4.69, 9.17) is 11.6 Å². The minimum absolute atomic E-state index is 0.173. The van der Waals surface area contributed by atoms with Crippen LogP contribution in [0.2, 0.25) is 5.15 Å². The van der Waals surface area contributed by atoms with Crippen LogP contribution < -0.4 is 0 Å². The van der Waals surface area contributed by atoms with Crippen molar-refractivity contribution in [2.45, 2.75) is 19.8 Å². The summed E-state index contributed by atoms with van der Waals surface area (Å²) in [5.41, 5.74) is 0.595. The zero-order chi connectivity index (χ0) is 10.1. The standard InChI is InChI=1S/C10H11ClN2O/c1-2-4-8-12-10(11)9-7(14)5-3-6-13(8)9/h3,5-6,14H,2,4H2,1H3. The Hall–Kier alpha value is -1.22. The van der Waals surface area contributed by atoms with Gasteiger partial charge in [-0.25, -0.2) is 4.98 Å². The van der Waals surface area contributed by atoms with E-state index in [0.29, 0.717) is 10.7 Å². The quantitative estimate of drug-likeness (QED) is 0.828. The molecule has 1 N–H and O–H groups in total. The number of hydrogen-bond acceptors (Lipinski definition) is 2. The largest absolute Gasteiger partial charge is 0.506 e. The lowest BCUT2D eigenvalue weighted by Gasteiger charge is -1.99. The van der Waals surface area contributed by atoms with E-state index in [0.717, 1.165) is 18.7 Å². The Morgan fingerprint density at radius 2 is 2.36 bits per heavy atom. The van der Waals surface area contributed by atoms with Crippen molar-refractivity contribution in [2.75, 3.05) is 0 Å². The minimum Gasteiger partial charge on any atom is -0.506 e. The first-order valence-electron chi connectivity index (χ1n) is 4.58. The lowest BCUT2D eigenvalue weighted by atomic mass is 10.3. The van der Waals surface area contributed by atoms with Gasteiger partial charge in [0.25, 0.3) is 0 Å². The molecule has 0 bridgehead atoms. The molecule has 0 aliphatic rings. The lowest BCUT2D eigenvalue weighted by Crippen LogP contribution is -1.92. The van der Waals surface area contributed by atoms with E-state index in [1.807, 2.05) is 10.6 Å².